The number of hydrogen-bond donors (Lipinski definition) is 0. The summed E-state index contributed by atoms with van der Waals surface area (Å²) in [7, 11) is -3.95. The Kier molecular flexibility index (Phi) is 3.71. The normalized spacial score (nSPS) is 11.1. The monoisotopic (exact) mass is 293 g/mol. The van der Waals surface area contributed by atoms with Gasteiger partial charge in [0, 0.05) is 12.1 Å². The first-order valence-corrected chi connectivity index (χ1v) is 7.05. The first-order chi connectivity index (χ1) is 9.40. The molecule has 0 saturated heterocycles. The molecule has 0 spiro atoms. The van der Waals surface area contributed by atoms with E-state index in [-0.39, 0.29) is 16.3 Å². The molecule has 0 amide bonds. The van der Waals surface area contributed by atoms with Crippen LogP contribution in [0.4, 0.5) is 5.69 Å². The third kappa shape index (κ3) is 2.94. The highest BCUT2D eigenvalue weighted by atomic mass is 32.2. The summed E-state index contributed by atoms with van der Waals surface area (Å²) in [6, 6.07) is 11.3. The third-order valence-corrected chi connectivity index (χ3v) is 4.03. The molecule has 0 radical (unpaired) electrons. The third-order valence-electron chi connectivity index (χ3n) is 2.62. The minimum absolute atomic E-state index is 0.0267. The summed E-state index contributed by atoms with van der Waals surface area (Å²) >= 11 is 0. The second-order valence-corrected chi connectivity index (χ2v) is 5.57. The van der Waals surface area contributed by atoms with Crippen molar-refractivity contribution in [1.29, 1.82) is 0 Å². The molecule has 7 heteroatoms. The van der Waals surface area contributed by atoms with Gasteiger partial charge in [-0.05, 0) is 30.7 Å². The summed E-state index contributed by atoms with van der Waals surface area (Å²) in [5.41, 5.74) is 0.431. The SMILES string of the molecule is Cc1ccccc1S(=O)(=O)Oc1ccc([N+](=O)[O-])cc1. The average molecular weight is 293 g/mol. The molecule has 0 aromatic heterocycles. The maximum Gasteiger partial charge on any atom is 0.339 e. The summed E-state index contributed by atoms with van der Waals surface area (Å²) < 4.78 is 29.1. The number of nitrogens with zero attached hydrogens (tertiary/aromatic N) is 1. The molecule has 6 nitrogen and oxygen atoms in total. The fourth-order valence-corrected chi connectivity index (χ4v) is 2.79. The van der Waals surface area contributed by atoms with Crippen LogP contribution >= 0.6 is 0 Å². The topological polar surface area (TPSA) is 86.5 Å². The molecule has 0 unspecified atom stereocenters. The zero-order valence-corrected chi connectivity index (χ0v) is 11.3. The fraction of sp³-hybridized carbons (Fsp3) is 0.0769. The molecule has 0 bridgehead atoms. The average Bonchev–Trinajstić information content (AvgIpc) is 2.39. The molecule has 0 aliphatic carbocycles. The number of benzene rings is 2. The highest BCUT2D eigenvalue weighted by Gasteiger charge is 2.19. The highest BCUT2D eigenvalue weighted by molar-refractivity contribution is 7.87. The lowest BCUT2D eigenvalue weighted by Crippen LogP contribution is -2.11. The van der Waals surface area contributed by atoms with Crippen LogP contribution in [0.15, 0.2) is 53.4 Å². The molecule has 20 heavy (non-hydrogen) atoms. The van der Waals surface area contributed by atoms with E-state index in [0.29, 0.717) is 5.56 Å². The van der Waals surface area contributed by atoms with Crippen molar-refractivity contribution in [3.8, 4) is 5.75 Å². The van der Waals surface area contributed by atoms with Gasteiger partial charge < -0.3 is 4.18 Å². The van der Waals surface area contributed by atoms with Crippen LogP contribution in [0.3, 0.4) is 0 Å². The predicted octanol–water partition coefficient (Wildman–Crippen LogP) is 2.67. The molecule has 2 aromatic rings. The molecule has 0 heterocycles. The Labute approximate surface area is 115 Å². The number of rotatable bonds is 4. The van der Waals surface area contributed by atoms with Gasteiger partial charge in [-0.1, -0.05) is 18.2 Å². The molecule has 0 atom stereocenters. The summed E-state index contributed by atoms with van der Waals surface area (Å²) in [6.07, 6.45) is 0. The van der Waals surface area contributed by atoms with Crippen molar-refractivity contribution in [2.75, 3.05) is 0 Å². The molecular weight excluding hydrogens is 282 g/mol. The quantitative estimate of drug-likeness (QED) is 0.491. The van der Waals surface area contributed by atoms with Crippen LogP contribution in [0, 0.1) is 17.0 Å². The molecule has 0 saturated carbocycles. The van der Waals surface area contributed by atoms with Crippen molar-refractivity contribution in [3.05, 3.63) is 64.2 Å². The first-order valence-electron chi connectivity index (χ1n) is 5.65. The Morgan fingerprint density at radius 3 is 2.20 bits per heavy atom. The fourth-order valence-electron chi connectivity index (χ4n) is 1.63. The van der Waals surface area contributed by atoms with Gasteiger partial charge in [-0.15, -0.1) is 0 Å². The van der Waals surface area contributed by atoms with E-state index < -0.39 is 15.0 Å². The summed E-state index contributed by atoms with van der Waals surface area (Å²) in [6.45, 7) is 1.66. The second-order valence-electron chi connectivity index (χ2n) is 4.05. The van der Waals surface area contributed by atoms with Gasteiger partial charge in [0.15, 0.2) is 0 Å². The van der Waals surface area contributed by atoms with Gasteiger partial charge in [0.2, 0.25) is 0 Å². The van der Waals surface area contributed by atoms with Gasteiger partial charge >= 0.3 is 10.1 Å². The van der Waals surface area contributed by atoms with Gasteiger partial charge in [0.25, 0.3) is 5.69 Å². The molecule has 0 fully saturated rings. The van der Waals surface area contributed by atoms with E-state index in [0.717, 1.165) is 0 Å². The van der Waals surface area contributed by atoms with E-state index >= 15 is 0 Å². The maximum atomic E-state index is 12.1. The lowest BCUT2D eigenvalue weighted by Gasteiger charge is -2.08. The largest absolute Gasteiger partial charge is 0.379 e. The molecule has 0 aliphatic rings. The number of nitro groups is 1. The lowest BCUT2D eigenvalue weighted by molar-refractivity contribution is -0.384. The Morgan fingerprint density at radius 2 is 1.65 bits per heavy atom. The van der Waals surface area contributed by atoms with E-state index in [1.807, 2.05) is 0 Å². The first kappa shape index (κ1) is 14.0. The van der Waals surface area contributed by atoms with E-state index in [1.54, 1.807) is 25.1 Å². The predicted molar refractivity (Wildman–Crippen MR) is 72.1 cm³/mol. The highest BCUT2D eigenvalue weighted by Crippen LogP contribution is 2.23. The number of nitro benzene ring substituents is 1. The Morgan fingerprint density at radius 1 is 1.05 bits per heavy atom. The van der Waals surface area contributed by atoms with Gasteiger partial charge in [0.05, 0.1) is 4.92 Å². The Balaban J connectivity index is 2.29. The maximum absolute atomic E-state index is 12.1. The van der Waals surface area contributed by atoms with Crippen LogP contribution in [-0.2, 0) is 10.1 Å². The van der Waals surface area contributed by atoms with Gasteiger partial charge in [0.1, 0.15) is 10.6 Å². The second kappa shape index (κ2) is 5.30. The summed E-state index contributed by atoms with van der Waals surface area (Å²) in [4.78, 5) is 10.0. The summed E-state index contributed by atoms with van der Waals surface area (Å²) in [5.74, 6) is 0.0267. The van der Waals surface area contributed by atoms with Crippen molar-refractivity contribution < 1.29 is 17.5 Å². The summed E-state index contributed by atoms with van der Waals surface area (Å²) in [5, 5.41) is 10.5. The molecule has 0 N–H and O–H groups in total. The number of hydrogen-bond acceptors (Lipinski definition) is 5. The van der Waals surface area contributed by atoms with Crippen molar-refractivity contribution in [2.24, 2.45) is 0 Å². The van der Waals surface area contributed by atoms with Crippen LogP contribution in [0.25, 0.3) is 0 Å². The Hall–Kier alpha value is -2.41. The minimum atomic E-state index is -3.95. The van der Waals surface area contributed by atoms with Gasteiger partial charge in [-0.3, -0.25) is 10.1 Å². The van der Waals surface area contributed by atoms with E-state index in [1.165, 1.54) is 30.3 Å². The van der Waals surface area contributed by atoms with Crippen LogP contribution < -0.4 is 4.18 Å². The van der Waals surface area contributed by atoms with Crippen molar-refractivity contribution >= 4 is 15.8 Å². The van der Waals surface area contributed by atoms with E-state index in [2.05, 4.69) is 0 Å². The lowest BCUT2D eigenvalue weighted by atomic mass is 10.2. The molecule has 2 aromatic carbocycles. The zero-order chi connectivity index (χ0) is 14.8. The van der Waals surface area contributed by atoms with E-state index in [4.69, 9.17) is 4.18 Å². The van der Waals surface area contributed by atoms with Crippen LogP contribution in [0.5, 0.6) is 5.75 Å². The number of aryl methyl sites for hydroxylation is 1. The van der Waals surface area contributed by atoms with Gasteiger partial charge in [-0.2, -0.15) is 8.42 Å². The van der Waals surface area contributed by atoms with Crippen molar-refractivity contribution in [3.63, 3.8) is 0 Å². The Bertz CT molecular complexity index is 738. The number of non-ortho nitro benzene ring substituents is 1. The van der Waals surface area contributed by atoms with Crippen molar-refractivity contribution in [2.45, 2.75) is 11.8 Å². The molecule has 104 valence electrons. The molecule has 2 rings (SSSR count). The van der Waals surface area contributed by atoms with Crippen LogP contribution in [-0.4, -0.2) is 13.3 Å². The molecular formula is C13H11NO5S. The van der Waals surface area contributed by atoms with Crippen LogP contribution in [0.1, 0.15) is 5.56 Å². The van der Waals surface area contributed by atoms with Gasteiger partial charge in [-0.25, -0.2) is 0 Å². The van der Waals surface area contributed by atoms with Crippen molar-refractivity contribution in [1.82, 2.24) is 0 Å². The standard InChI is InChI=1S/C13H11NO5S/c1-10-4-2-3-5-13(10)20(17,18)19-12-8-6-11(7-9-12)14(15)16/h2-9H,1H3. The molecule has 0 aliphatic heterocycles. The van der Waals surface area contributed by atoms with Crippen LogP contribution in [0.2, 0.25) is 0 Å². The minimum Gasteiger partial charge on any atom is -0.379 e. The smallest absolute Gasteiger partial charge is 0.339 e. The zero-order valence-electron chi connectivity index (χ0n) is 10.5. The van der Waals surface area contributed by atoms with E-state index in [9.17, 15) is 18.5 Å².